The molecule has 0 unspecified atom stereocenters. The van der Waals surface area contributed by atoms with Crippen molar-refractivity contribution in [2.45, 2.75) is 45.3 Å². The lowest BCUT2D eigenvalue weighted by Gasteiger charge is -2.25. The van der Waals surface area contributed by atoms with Gasteiger partial charge >= 0.3 is 6.09 Å². The molecule has 1 aromatic rings. The van der Waals surface area contributed by atoms with Gasteiger partial charge in [-0.2, -0.15) is 5.26 Å². The third kappa shape index (κ3) is 4.13. The van der Waals surface area contributed by atoms with Crippen LogP contribution in [0.2, 0.25) is 5.15 Å². The monoisotopic (exact) mass is 363 g/mol. The number of likely N-dealkylation sites (tertiary alicyclic amines) is 1. The Morgan fingerprint density at radius 2 is 2.00 bits per heavy atom. The van der Waals surface area contributed by atoms with Crippen molar-refractivity contribution in [3.05, 3.63) is 16.8 Å². The Morgan fingerprint density at radius 3 is 2.56 bits per heavy atom. The van der Waals surface area contributed by atoms with Crippen LogP contribution in [0.15, 0.2) is 6.07 Å². The minimum absolute atomic E-state index is 0.207. The number of amides is 1. The number of hydrogen-bond acceptors (Lipinski definition) is 6. The molecule has 1 saturated carbocycles. The molecule has 134 valence electrons. The lowest BCUT2D eigenvalue weighted by molar-refractivity contribution is 0.0280. The van der Waals surface area contributed by atoms with Crippen molar-refractivity contribution in [2.24, 2.45) is 11.8 Å². The van der Waals surface area contributed by atoms with Crippen LogP contribution in [-0.2, 0) is 4.74 Å². The van der Waals surface area contributed by atoms with Crippen LogP contribution in [0.25, 0.3) is 0 Å². The maximum atomic E-state index is 12.2. The first-order chi connectivity index (χ1) is 11.7. The van der Waals surface area contributed by atoms with Gasteiger partial charge < -0.3 is 15.0 Å². The van der Waals surface area contributed by atoms with Crippen LogP contribution in [0, 0.1) is 23.2 Å². The van der Waals surface area contributed by atoms with E-state index in [2.05, 4.69) is 21.6 Å². The van der Waals surface area contributed by atoms with Crippen LogP contribution >= 0.6 is 11.6 Å². The fourth-order valence-corrected chi connectivity index (χ4v) is 3.79. The van der Waals surface area contributed by atoms with Crippen molar-refractivity contribution >= 4 is 23.5 Å². The highest BCUT2D eigenvalue weighted by Crippen LogP contribution is 2.39. The van der Waals surface area contributed by atoms with E-state index in [1.54, 1.807) is 4.90 Å². The van der Waals surface area contributed by atoms with Crippen molar-refractivity contribution in [3.63, 3.8) is 0 Å². The van der Waals surface area contributed by atoms with Gasteiger partial charge in [0.05, 0.1) is 5.56 Å². The van der Waals surface area contributed by atoms with E-state index >= 15 is 0 Å². The standard InChI is InChI=1S/C17H22ClN5O2/c1-17(2,3)25-16(24)23-8-11-4-13(5-12(11)9-23)20-15-10(7-19)6-14(18)21-22-15/h6,11-13H,4-5,8-9H2,1-3H3,(H,20,22)/t11-,12+,13+. The van der Waals surface area contributed by atoms with Gasteiger partial charge in [-0.3, -0.25) is 0 Å². The third-order valence-corrected chi connectivity index (χ3v) is 4.81. The Labute approximate surface area is 152 Å². The minimum atomic E-state index is -0.472. The number of nitrogens with zero attached hydrogens (tertiary/aromatic N) is 4. The first-order valence-electron chi connectivity index (χ1n) is 8.43. The molecule has 0 aromatic carbocycles. The smallest absolute Gasteiger partial charge is 0.410 e. The van der Waals surface area contributed by atoms with Gasteiger partial charge in [0.2, 0.25) is 0 Å². The summed E-state index contributed by atoms with van der Waals surface area (Å²) in [6.07, 6.45) is 1.62. The summed E-state index contributed by atoms with van der Waals surface area (Å²) in [5, 5.41) is 20.5. The first-order valence-corrected chi connectivity index (χ1v) is 8.81. The molecule has 1 amide bonds. The van der Waals surface area contributed by atoms with E-state index in [0.29, 0.717) is 23.2 Å². The molecule has 1 saturated heterocycles. The highest BCUT2D eigenvalue weighted by molar-refractivity contribution is 6.29. The summed E-state index contributed by atoms with van der Waals surface area (Å²) in [5.41, 5.74) is -0.0766. The summed E-state index contributed by atoms with van der Waals surface area (Å²) in [6.45, 7) is 7.06. The fourth-order valence-electron chi connectivity index (χ4n) is 3.65. The van der Waals surface area contributed by atoms with Gasteiger partial charge in [0.15, 0.2) is 11.0 Å². The van der Waals surface area contributed by atoms with E-state index in [1.807, 2.05) is 20.8 Å². The number of hydrogen-bond donors (Lipinski definition) is 1. The lowest BCUT2D eigenvalue weighted by Crippen LogP contribution is -2.36. The number of carbonyl (C=O) groups is 1. The normalized spacial score (nSPS) is 25.4. The summed E-state index contributed by atoms with van der Waals surface area (Å²) >= 11 is 5.78. The van der Waals surface area contributed by atoms with Gasteiger partial charge in [-0.1, -0.05) is 11.6 Å². The highest BCUT2D eigenvalue weighted by atomic mass is 35.5. The maximum absolute atomic E-state index is 12.2. The second-order valence-corrected chi connectivity index (χ2v) is 8.15. The molecule has 25 heavy (non-hydrogen) atoms. The zero-order valence-electron chi connectivity index (χ0n) is 14.6. The summed E-state index contributed by atoms with van der Waals surface area (Å²) in [7, 11) is 0. The maximum Gasteiger partial charge on any atom is 0.410 e. The number of rotatable bonds is 2. The number of fused-ring (bicyclic) bond motifs is 1. The van der Waals surface area contributed by atoms with Crippen molar-refractivity contribution < 1.29 is 9.53 Å². The topological polar surface area (TPSA) is 91.1 Å². The van der Waals surface area contributed by atoms with Crippen LogP contribution in [0.4, 0.5) is 10.6 Å². The largest absolute Gasteiger partial charge is 0.444 e. The molecule has 2 fully saturated rings. The lowest BCUT2D eigenvalue weighted by atomic mass is 10.0. The van der Waals surface area contributed by atoms with Crippen molar-refractivity contribution in [1.29, 1.82) is 5.26 Å². The van der Waals surface area contributed by atoms with Gasteiger partial charge in [0.1, 0.15) is 11.7 Å². The molecule has 1 aromatic heterocycles. The van der Waals surface area contributed by atoms with E-state index in [1.165, 1.54) is 6.07 Å². The Kier molecular flexibility index (Phi) is 4.74. The molecule has 1 aliphatic carbocycles. The predicted octanol–water partition coefficient (Wildman–Crippen LogP) is 3.06. The summed E-state index contributed by atoms with van der Waals surface area (Å²) in [4.78, 5) is 14.0. The Morgan fingerprint density at radius 1 is 1.36 bits per heavy atom. The Hall–Kier alpha value is -2.07. The van der Waals surface area contributed by atoms with Gasteiger partial charge in [-0.25, -0.2) is 4.79 Å². The predicted molar refractivity (Wildman–Crippen MR) is 93.2 cm³/mol. The molecule has 1 N–H and O–H groups in total. The molecule has 8 heteroatoms. The minimum Gasteiger partial charge on any atom is -0.444 e. The number of halogens is 1. The molecule has 7 nitrogen and oxygen atoms in total. The van der Waals surface area contributed by atoms with Gasteiger partial charge in [-0.15, -0.1) is 10.2 Å². The van der Waals surface area contributed by atoms with E-state index < -0.39 is 5.60 Å². The second kappa shape index (κ2) is 6.68. The van der Waals surface area contributed by atoms with Crippen LogP contribution in [0.1, 0.15) is 39.2 Å². The molecule has 0 spiro atoms. The molecular formula is C17H22ClN5O2. The average molecular weight is 364 g/mol. The van der Waals surface area contributed by atoms with Crippen molar-refractivity contribution in [3.8, 4) is 6.07 Å². The number of carbonyl (C=O) groups excluding carboxylic acids is 1. The number of nitrogens with one attached hydrogen (secondary N) is 1. The van der Waals surface area contributed by atoms with Crippen LogP contribution in [0.3, 0.4) is 0 Å². The average Bonchev–Trinajstić information content (AvgIpc) is 3.05. The first kappa shape index (κ1) is 17.7. The van der Waals surface area contributed by atoms with Crippen LogP contribution in [-0.4, -0.2) is 45.9 Å². The van der Waals surface area contributed by atoms with Gasteiger partial charge in [0, 0.05) is 19.1 Å². The van der Waals surface area contributed by atoms with E-state index in [0.717, 1.165) is 25.9 Å². The number of ether oxygens (including phenoxy) is 1. The zero-order chi connectivity index (χ0) is 18.2. The van der Waals surface area contributed by atoms with E-state index in [9.17, 15) is 10.1 Å². The van der Waals surface area contributed by atoms with Crippen molar-refractivity contribution in [1.82, 2.24) is 15.1 Å². The molecule has 2 aliphatic rings. The summed E-state index contributed by atoms with van der Waals surface area (Å²) in [6, 6.07) is 3.82. The van der Waals surface area contributed by atoms with Crippen LogP contribution in [0.5, 0.6) is 0 Å². The van der Waals surface area contributed by atoms with E-state index in [4.69, 9.17) is 16.3 Å². The summed E-state index contributed by atoms with van der Waals surface area (Å²) < 4.78 is 5.46. The number of aromatic nitrogens is 2. The molecule has 0 bridgehead atoms. The molecule has 3 atom stereocenters. The molecule has 3 rings (SSSR count). The SMILES string of the molecule is CC(C)(C)OC(=O)N1C[C@H]2C[C@H](Nc3nnc(Cl)cc3C#N)C[C@H]2C1. The van der Waals surface area contributed by atoms with E-state index in [-0.39, 0.29) is 17.3 Å². The molecule has 2 heterocycles. The second-order valence-electron chi connectivity index (χ2n) is 7.76. The number of anilines is 1. The Bertz CT molecular complexity index is 698. The van der Waals surface area contributed by atoms with Crippen molar-refractivity contribution in [2.75, 3.05) is 18.4 Å². The van der Waals surface area contributed by atoms with Gasteiger partial charge in [0.25, 0.3) is 0 Å². The summed E-state index contributed by atoms with van der Waals surface area (Å²) in [5.74, 6) is 1.35. The number of nitriles is 1. The Balaban J connectivity index is 1.57. The van der Waals surface area contributed by atoms with Gasteiger partial charge in [-0.05, 0) is 51.5 Å². The highest BCUT2D eigenvalue weighted by Gasteiger charge is 2.43. The fraction of sp³-hybridized carbons (Fsp3) is 0.647. The molecular weight excluding hydrogens is 342 g/mol. The molecule has 1 aliphatic heterocycles. The van der Waals surface area contributed by atoms with Crippen LogP contribution < -0.4 is 5.32 Å². The third-order valence-electron chi connectivity index (χ3n) is 4.63. The quantitative estimate of drug-likeness (QED) is 0.868. The molecule has 0 radical (unpaired) electrons. The zero-order valence-corrected chi connectivity index (χ0v) is 15.4.